The lowest BCUT2D eigenvalue weighted by molar-refractivity contribution is -0.172. The molecule has 3 aliphatic carbocycles. The monoisotopic (exact) mass is 500 g/mol. The lowest BCUT2D eigenvalue weighted by atomic mass is 9.63. The summed E-state index contributed by atoms with van der Waals surface area (Å²) in [7, 11) is 0. The maximum atomic E-state index is 12.7. The molecule has 2 N–H and O–H groups in total. The highest BCUT2D eigenvalue weighted by atomic mass is 16.6. The average molecular weight is 501 g/mol. The molecule has 5 heteroatoms. The van der Waals surface area contributed by atoms with Crippen LogP contribution in [0.1, 0.15) is 92.9 Å². The molecule has 2 fully saturated rings. The van der Waals surface area contributed by atoms with E-state index in [1.807, 2.05) is 0 Å². The van der Waals surface area contributed by atoms with Gasteiger partial charge in [-0.15, -0.1) is 0 Å². The Morgan fingerprint density at radius 3 is 2.58 bits per heavy atom. The number of esters is 1. The molecule has 3 rings (SSSR count). The smallest absolute Gasteiger partial charge is 0.332 e. The molecule has 0 spiro atoms. The van der Waals surface area contributed by atoms with E-state index in [-0.39, 0.29) is 30.0 Å². The van der Waals surface area contributed by atoms with Gasteiger partial charge in [-0.2, -0.15) is 0 Å². The van der Waals surface area contributed by atoms with Gasteiger partial charge in [0.2, 0.25) is 0 Å². The Kier molecular flexibility index (Phi) is 9.46. The zero-order valence-corrected chi connectivity index (χ0v) is 23.3. The average Bonchev–Trinajstić information content (AvgIpc) is 3.19. The number of hydrogen-bond acceptors (Lipinski definition) is 5. The highest BCUT2D eigenvalue weighted by Crippen LogP contribution is 2.55. The van der Waals surface area contributed by atoms with E-state index in [9.17, 15) is 15.0 Å². The maximum absolute atomic E-state index is 12.7. The number of carbonyl (C=O) groups excluding carboxylic acids is 1. The van der Waals surface area contributed by atoms with Gasteiger partial charge in [-0.05, 0) is 85.8 Å². The van der Waals surface area contributed by atoms with Gasteiger partial charge in [-0.3, -0.25) is 0 Å². The van der Waals surface area contributed by atoms with Crippen molar-refractivity contribution in [2.45, 2.75) is 117 Å². The zero-order valence-electron chi connectivity index (χ0n) is 23.3. The molecule has 0 bridgehead atoms. The predicted octanol–water partition coefficient (Wildman–Crippen LogP) is 6.21. The Hall–Kier alpha value is -1.69. The number of hydrogen-bond donors (Lipinski definition) is 2. The minimum atomic E-state index is -0.667. The molecule has 202 valence electrons. The van der Waals surface area contributed by atoms with Crippen molar-refractivity contribution in [3.8, 4) is 0 Å². The third-order valence-electron chi connectivity index (χ3n) is 9.33. The Morgan fingerprint density at radius 2 is 1.94 bits per heavy atom. The van der Waals surface area contributed by atoms with Crippen LogP contribution in [0.5, 0.6) is 0 Å². The molecule has 5 atom stereocenters. The van der Waals surface area contributed by atoms with Crippen LogP contribution >= 0.6 is 0 Å². The molecule has 0 aromatic carbocycles. The fraction of sp³-hybridized carbons (Fsp3) is 0.710. The topological polar surface area (TPSA) is 76.0 Å². The van der Waals surface area contributed by atoms with Crippen molar-refractivity contribution >= 4 is 5.97 Å². The fourth-order valence-corrected chi connectivity index (χ4v) is 6.81. The molecular formula is C31H48O5. The number of allylic oxidation sites excluding steroid dienone is 4. The van der Waals surface area contributed by atoms with E-state index in [1.165, 1.54) is 11.1 Å². The third-order valence-corrected chi connectivity index (χ3v) is 9.33. The van der Waals surface area contributed by atoms with E-state index in [0.29, 0.717) is 18.8 Å². The number of rotatable bonds is 9. The summed E-state index contributed by atoms with van der Waals surface area (Å²) in [6, 6.07) is 0. The Labute approximate surface area is 218 Å². The number of aliphatic hydroxyl groups excluding tert-OH is 2. The van der Waals surface area contributed by atoms with Crippen molar-refractivity contribution in [3.63, 3.8) is 0 Å². The second-order valence-corrected chi connectivity index (χ2v) is 11.6. The van der Waals surface area contributed by atoms with Crippen molar-refractivity contribution < 1.29 is 24.5 Å². The second-order valence-electron chi connectivity index (χ2n) is 11.6. The molecule has 0 aromatic rings. The summed E-state index contributed by atoms with van der Waals surface area (Å²) in [6.45, 7) is 16.7. The molecule has 3 aliphatic rings. The zero-order chi connectivity index (χ0) is 26.7. The van der Waals surface area contributed by atoms with Gasteiger partial charge in [0.25, 0.3) is 0 Å². The first kappa shape index (κ1) is 28.9. The van der Waals surface area contributed by atoms with Crippen LogP contribution < -0.4 is 0 Å². The summed E-state index contributed by atoms with van der Waals surface area (Å²) >= 11 is 0. The van der Waals surface area contributed by atoms with Gasteiger partial charge in [0.05, 0.1) is 18.3 Å². The van der Waals surface area contributed by atoms with Gasteiger partial charge in [-0.1, -0.05) is 65.0 Å². The SMILES string of the molecule is C=C1C(=CC=C2CCC[C@]3(C)C([C@H](C)OCC(=O)OC(CC)(CC)C(C)C)=CC[C@@H]23)C[C@@H](O)C[C@@H]1O. The van der Waals surface area contributed by atoms with Crippen molar-refractivity contribution in [2.24, 2.45) is 17.3 Å². The lowest BCUT2D eigenvalue weighted by Crippen LogP contribution is -2.41. The Bertz CT molecular complexity index is 906. The molecule has 0 amide bonds. The van der Waals surface area contributed by atoms with Crippen molar-refractivity contribution in [3.05, 3.63) is 47.1 Å². The van der Waals surface area contributed by atoms with Crippen LogP contribution in [0.4, 0.5) is 0 Å². The van der Waals surface area contributed by atoms with Crippen molar-refractivity contribution in [1.29, 1.82) is 0 Å². The summed E-state index contributed by atoms with van der Waals surface area (Å²) in [5.41, 5.74) is 3.93. The minimum absolute atomic E-state index is 0.00302. The van der Waals surface area contributed by atoms with E-state index in [2.05, 4.69) is 66.3 Å². The molecule has 0 unspecified atom stereocenters. The molecule has 0 radical (unpaired) electrons. The van der Waals surface area contributed by atoms with Gasteiger partial charge in [0, 0.05) is 6.42 Å². The summed E-state index contributed by atoms with van der Waals surface area (Å²) in [6.07, 6.45) is 12.0. The first-order chi connectivity index (χ1) is 17.0. The molecule has 0 aliphatic heterocycles. The largest absolute Gasteiger partial charge is 0.457 e. The number of ether oxygens (including phenoxy) is 2. The molecule has 0 saturated heterocycles. The van der Waals surface area contributed by atoms with E-state index in [4.69, 9.17) is 9.47 Å². The Morgan fingerprint density at radius 1 is 1.25 bits per heavy atom. The predicted molar refractivity (Wildman–Crippen MR) is 144 cm³/mol. The molecular weight excluding hydrogens is 452 g/mol. The third kappa shape index (κ3) is 5.89. The van der Waals surface area contributed by atoms with Gasteiger partial charge in [-0.25, -0.2) is 4.79 Å². The van der Waals surface area contributed by atoms with Gasteiger partial charge >= 0.3 is 5.97 Å². The van der Waals surface area contributed by atoms with Crippen LogP contribution in [0, 0.1) is 17.3 Å². The Balaban J connectivity index is 1.66. The van der Waals surface area contributed by atoms with E-state index >= 15 is 0 Å². The van der Waals surface area contributed by atoms with E-state index < -0.39 is 17.8 Å². The summed E-state index contributed by atoms with van der Waals surface area (Å²) < 4.78 is 12.0. The second kappa shape index (κ2) is 11.8. The van der Waals surface area contributed by atoms with Crippen LogP contribution in [-0.2, 0) is 14.3 Å². The number of carbonyl (C=O) groups is 1. The molecule has 0 heterocycles. The normalized spacial score (nSPS) is 32.1. The summed E-state index contributed by atoms with van der Waals surface area (Å²) in [5, 5.41) is 20.3. The highest BCUT2D eigenvalue weighted by molar-refractivity contribution is 5.71. The summed E-state index contributed by atoms with van der Waals surface area (Å²) in [4.78, 5) is 12.7. The number of aliphatic hydroxyl groups is 2. The first-order valence-electron chi connectivity index (χ1n) is 14.0. The minimum Gasteiger partial charge on any atom is -0.457 e. The quantitative estimate of drug-likeness (QED) is 0.291. The summed E-state index contributed by atoms with van der Waals surface area (Å²) in [5.74, 6) is 0.370. The molecule has 0 aromatic heterocycles. The van der Waals surface area contributed by atoms with Crippen LogP contribution in [0.2, 0.25) is 0 Å². The lowest BCUT2D eigenvalue weighted by Gasteiger charge is -2.42. The van der Waals surface area contributed by atoms with Crippen LogP contribution in [0.3, 0.4) is 0 Å². The standard InChI is InChI=1S/C31H48O5/c1-8-31(9-2,20(3)4)36-29(34)19-35-22(6)26-14-15-27-23(11-10-16-30(26,27)7)12-13-24-17-25(32)18-28(33)21(24)5/h12-14,20,22,25,27-28,32-33H,5,8-11,15-19H2,1-4,6-7H3/t22-,25+,27-,28-,30+/m0/s1. The number of fused-ring (bicyclic) bond motifs is 1. The first-order valence-corrected chi connectivity index (χ1v) is 14.0. The van der Waals surface area contributed by atoms with E-state index in [1.54, 1.807) is 0 Å². The van der Waals surface area contributed by atoms with Gasteiger partial charge < -0.3 is 19.7 Å². The highest BCUT2D eigenvalue weighted by Gasteiger charge is 2.46. The van der Waals surface area contributed by atoms with Crippen LogP contribution in [0.15, 0.2) is 47.1 Å². The van der Waals surface area contributed by atoms with Crippen molar-refractivity contribution in [2.75, 3.05) is 6.61 Å². The van der Waals surface area contributed by atoms with E-state index in [0.717, 1.165) is 49.7 Å². The fourth-order valence-electron chi connectivity index (χ4n) is 6.81. The van der Waals surface area contributed by atoms with Gasteiger partial charge in [0.1, 0.15) is 12.2 Å². The molecule has 36 heavy (non-hydrogen) atoms. The van der Waals surface area contributed by atoms with Crippen LogP contribution in [-0.4, -0.2) is 46.7 Å². The van der Waals surface area contributed by atoms with Gasteiger partial charge in [0.15, 0.2) is 0 Å². The van der Waals surface area contributed by atoms with Crippen molar-refractivity contribution in [1.82, 2.24) is 0 Å². The maximum Gasteiger partial charge on any atom is 0.332 e. The molecule has 5 nitrogen and oxygen atoms in total. The van der Waals surface area contributed by atoms with Crippen LogP contribution in [0.25, 0.3) is 0 Å². The molecule has 2 saturated carbocycles.